The summed E-state index contributed by atoms with van der Waals surface area (Å²) in [5, 5.41) is 0. The van der Waals surface area contributed by atoms with E-state index in [0.717, 1.165) is 19.3 Å². The van der Waals surface area contributed by atoms with E-state index < -0.39 is 0 Å². The molecule has 0 unspecified atom stereocenters. The molecular formula is C10H13O3+. The molecule has 0 fully saturated rings. The lowest BCUT2D eigenvalue weighted by Crippen LogP contribution is -1.90. The third-order valence-electron chi connectivity index (χ3n) is 1.83. The molecule has 0 aromatic heterocycles. The van der Waals surface area contributed by atoms with Crippen LogP contribution in [0.3, 0.4) is 0 Å². The highest BCUT2D eigenvalue weighted by Crippen LogP contribution is 2.04. The Morgan fingerprint density at radius 2 is 1.92 bits per heavy atom. The van der Waals surface area contributed by atoms with Crippen LogP contribution in [-0.4, -0.2) is 6.61 Å². The van der Waals surface area contributed by atoms with Gasteiger partial charge in [0.25, 0.3) is 4.96 Å². The second-order valence-corrected chi connectivity index (χ2v) is 2.83. The Kier molecular flexibility index (Phi) is 4.61. The van der Waals surface area contributed by atoms with Crippen LogP contribution in [0.1, 0.15) is 18.4 Å². The maximum Gasteiger partial charge on any atom is 0.377 e. The van der Waals surface area contributed by atoms with Crippen LogP contribution in [0.5, 0.6) is 0 Å². The summed E-state index contributed by atoms with van der Waals surface area (Å²) in [5.41, 5.74) is 1.31. The summed E-state index contributed by atoms with van der Waals surface area (Å²) in [6.45, 7) is 0.371. The van der Waals surface area contributed by atoms with Crippen molar-refractivity contribution in [1.82, 2.24) is 0 Å². The molecule has 1 aromatic carbocycles. The zero-order valence-corrected chi connectivity index (χ0v) is 7.44. The van der Waals surface area contributed by atoms with Gasteiger partial charge >= 0.3 is 4.75 Å². The van der Waals surface area contributed by atoms with E-state index in [1.165, 1.54) is 5.56 Å². The monoisotopic (exact) mass is 181 g/mol. The first-order chi connectivity index (χ1) is 6.43. The SMILES string of the molecule is O=[O+]OCCCCc1ccccc1. The van der Waals surface area contributed by atoms with Gasteiger partial charge in [-0.15, -0.1) is 0 Å². The second kappa shape index (κ2) is 6.17. The van der Waals surface area contributed by atoms with E-state index in [4.69, 9.17) is 0 Å². The van der Waals surface area contributed by atoms with E-state index in [1.807, 2.05) is 18.2 Å². The van der Waals surface area contributed by atoms with Crippen LogP contribution in [-0.2, 0) is 11.3 Å². The predicted molar refractivity (Wildman–Crippen MR) is 52.1 cm³/mol. The lowest BCUT2D eigenvalue weighted by atomic mass is 10.1. The largest absolute Gasteiger partial charge is 0.377 e. The summed E-state index contributed by atoms with van der Waals surface area (Å²) in [4.78, 5) is 13.7. The maximum absolute atomic E-state index is 9.44. The summed E-state index contributed by atoms with van der Waals surface area (Å²) in [5.74, 6) is 0. The zero-order valence-electron chi connectivity index (χ0n) is 7.44. The molecule has 3 heteroatoms. The number of hydrogen-bond acceptors (Lipinski definition) is 2. The summed E-state index contributed by atoms with van der Waals surface area (Å²) in [7, 11) is 0. The van der Waals surface area contributed by atoms with Gasteiger partial charge in [-0.3, -0.25) is 0 Å². The van der Waals surface area contributed by atoms with Crippen molar-refractivity contribution in [1.29, 1.82) is 0 Å². The minimum Gasteiger partial charge on any atom is -0.0736 e. The van der Waals surface area contributed by atoms with E-state index >= 15 is 0 Å². The van der Waals surface area contributed by atoms with Gasteiger partial charge in [0.15, 0.2) is 6.61 Å². The summed E-state index contributed by atoms with van der Waals surface area (Å²) in [6.07, 6.45) is 2.87. The first-order valence-electron chi connectivity index (χ1n) is 4.39. The fourth-order valence-electron chi connectivity index (χ4n) is 1.17. The molecule has 0 atom stereocenters. The number of aryl methyl sites for hydroxylation is 1. The van der Waals surface area contributed by atoms with Crippen molar-refractivity contribution in [3.63, 3.8) is 0 Å². The Balaban J connectivity index is 2.10. The molecule has 0 aliphatic carbocycles. The Labute approximate surface area is 77.2 Å². The third kappa shape index (κ3) is 4.25. The molecule has 1 aromatic rings. The number of hydrogen-bond donors (Lipinski definition) is 0. The Morgan fingerprint density at radius 1 is 1.15 bits per heavy atom. The summed E-state index contributed by atoms with van der Waals surface area (Å²) < 4.78 is 3.24. The van der Waals surface area contributed by atoms with Crippen molar-refractivity contribution in [2.75, 3.05) is 6.61 Å². The standard InChI is InChI=1S/C10H13O3/c11-13-12-9-5-4-8-10-6-2-1-3-7-10/h1-3,6-7H,4-5,8-9H2/q+1. The highest BCUT2D eigenvalue weighted by Gasteiger charge is 1.96. The molecule has 0 spiro atoms. The van der Waals surface area contributed by atoms with Crippen molar-refractivity contribution >= 4 is 0 Å². The molecule has 70 valence electrons. The van der Waals surface area contributed by atoms with Crippen molar-refractivity contribution in [2.45, 2.75) is 19.3 Å². The van der Waals surface area contributed by atoms with Gasteiger partial charge in [0.2, 0.25) is 0 Å². The van der Waals surface area contributed by atoms with Gasteiger partial charge in [-0.2, -0.15) is 0 Å². The van der Waals surface area contributed by atoms with Crippen LogP contribution in [0.15, 0.2) is 30.3 Å². The molecular weight excluding hydrogens is 168 g/mol. The van der Waals surface area contributed by atoms with E-state index in [0.29, 0.717) is 6.61 Å². The first kappa shape index (κ1) is 9.71. The normalized spacial score (nSPS) is 9.54. The topological polar surface area (TPSA) is 37.6 Å². The van der Waals surface area contributed by atoms with E-state index in [-0.39, 0.29) is 0 Å². The van der Waals surface area contributed by atoms with Crippen molar-refractivity contribution in [2.24, 2.45) is 0 Å². The van der Waals surface area contributed by atoms with E-state index in [2.05, 4.69) is 21.8 Å². The van der Waals surface area contributed by atoms with Crippen LogP contribution < -0.4 is 0 Å². The highest BCUT2D eigenvalue weighted by atomic mass is 17.3. The third-order valence-corrected chi connectivity index (χ3v) is 1.83. The van der Waals surface area contributed by atoms with E-state index in [1.54, 1.807) is 0 Å². The Bertz CT molecular complexity index is 233. The van der Waals surface area contributed by atoms with Gasteiger partial charge in [-0.05, 0) is 24.8 Å². The maximum atomic E-state index is 9.44. The van der Waals surface area contributed by atoms with Crippen LogP contribution in [0.4, 0.5) is 0 Å². The van der Waals surface area contributed by atoms with Crippen molar-refractivity contribution < 1.29 is 4.89 Å². The average Bonchev–Trinajstić information content (AvgIpc) is 2.19. The molecule has 0 saturated heterocycles. The highest BCUT2D eigenvalue weighted by molar-refractivity contribution is 5.14. The molecule has 0 bridgehead atoms. The minimum atomic E-state index is 0.371. The Morgan fingerprint density at radius 3 is 2.62 bits per heavy atom. The quantitative estimate of drug-likeness (QED) is 0.293. The molecule has 0 amide bonds. The minimum absolute atomic E-state index is 0.371. The van der Waals surface area contributed by atoms with Crippen molar-refractivity contribution in [3.05, 3.63) is 45.6 Å². The first-order valence-corrected chi connectivity index (χ1v) is 4.39. The molecule has 13 heavy (non-hydrogen) atoms. The summed E-state index contributed by atoms with van der Waals surface area (Å²) >= 11 is 0. The molecule has 0 heterocycles. The van der Waals surface area contributed by atoms with E-state index in [9.17, 15) is 4.96 Å². The molecule has 0 radical (unpaired) electrons. The van der Waals surface area contributed by atoms with Gasteiger partial charge in [0.05, 0.1) is 0 Å². The van der Waals surface area contributed by atoms with Gasteiger partial charge in [0.1, 0.15) is 0 Å². The number of rotatable bonds is 6. The van der Waals surface area contributed by atoms with Crippen LogP contribution >= 0.6 is 0 Å². The molecule has 3 nitrogen and oxygen atoms in total. The zero-order chi connectivity index (χ0) is 9.36. The fourth-order valence-corrected chi connectivity index (χ4v) is 1.17. The van der Waals surface area contributed by atoms with Gasteiger partial charge in [-0.1, -0.05) is 35.2 Å². The second-order valence-electron chi connectivity index (χ2n) is 2.83. The van der Waals surface area contributed by atoms with Gasteiger partial charge in [-0.25, -0.2) is 0 Å². The lowest BCUT2D eigenvalue weighted by molar-refractivity contribution is 0.232. The van der Waals surface area contributed by atoms with Crippen LogP contribution in [0.25, 0.3) is 0 Å². The fraction of sp³-hybridized carbons (Fsp3) is 0.400. The molecule has 1 rings (SSSR count). The van der Waals surface area contributed by atoms with Gasteiger partial charge in [0, 0.05) is 0 Å². The number of benzene rings is 1. The van der Waals surface area contributed by atoms with Crippen LogP contribution in [0, 0.1) is 9.71 Å². The summed E-state index contributed by atoms with van der Waals surface area (Å²) in [6, 6.07) is 10.2. The predicted octanol–water partition coefficient (Wildman–Crippen LogP) is 2.56. The Hall–Kier alpha value is -1.38. The number of unbranched alkanes of at least 4 members (excludes halogenated alkanes) is 1. The van der Waals surface area contributed by atoms with Crippen molar-refractivity contribution in [3.8, 4) is 0 Å². The smallest absolute Gasteiger partial charge is 0.0736 e. The average molecular weight is 181 g/mol. The molecule has 0 aliphatic heterocycles. The lowest BCUT2D eigenvalue weighted by Gasteiger charge is -1.97. The van der Waals surface area contributed by atoms with Crippen LogP contribution in [0.2, 0.25) is 0 Å². The van der Waals surface area contributed by atoms with Gasteiger partial charge < -0.3 is 0 Å². The molecule has 0 N–H and O–H groups in total. The molecule has 0 aliphatic rings. The molecule has 0 saturated carbocycles.